The smallest absolute Gasteiger partial charge is 0.326 e. The Hall–Kier alpha value is -2.72. The largest absolute Gasteiger partial charge is 0.465 e. The number of ether oxygens (including phenoxy) is 1. The molecule has 0 amide bonds. The SMILES string of the molecule is CCOC(=O)CN(c1ccc(F)c(Cl)c1)S(=O)(=O)c1cc([N+](=O)[O-])ccc1C. The van der Waals surface area contributed by atoms with Gasteiger partial charge in [0.2, 0.25) is 0 Å². The summed E-state index contributed by atoms with van der Waals surface area (Å²) in [5.41, 5.74) is -0.296. The van der Waals surface area contributed by atoms with Crippen molar-refractivity contribution < 1.29 is 27.3 Å². The lowest BCUT2D eigenvalue weighted by Gasteiger charge is -2.24. The summed E-state index contributed by atoms with van der Waals surface area (Å²) < 4.78 is 45.4. The monoisotopic (exact) mass is 430 g/mol. The van der Waals surface area contributed by atoms with Gasteiger partial charge in [-0.15, -0.1) is 0 Å². The Morgan fingerprint density at radius 1 is 1.29 bits per heavy atom. The van der Waals surface area contributed by atoms with Gasteiger partial charge >= 0.3 is 5.97 Å². The van der Waals surface area contributed by atoms with E-state index in [9.17, 15) is 27.7 Å². The standard InChI is InChI=1S/C17H16ClFN2O6S/c1-3-27-17(22)10-20(12-6-7-15(19)14(18)8-12)28(25,26)16-9-13(21(23)24)5-4-11(16)2/h4-9H,3,10H2,1-2H3. The minimum absolute atomic E-state index is 0.0206. The van der Waals surface area contributed by atoms with Gasteiger partial charge in [0.05, 0.1) is 27.1 Å². The Balaban J connectivity index is 2.64. The second kappa shape index (κ2) is 8.53. The number of halogens is 2. The van der Waals surface area contributed by atoms with Crippen molar-refractivity contribution in [1.29, 1.82) is 0 Å². The molecule has 150 valence electrons. The van der Waals surface area contributed by atoms with Gasteiger partial charge in [-0.25, -0.2) is 12.8 Å². The molecule has 0 aliphatic rings. The molecule has 2 aromatic carbocycles. The van der Waals surface area contributed by atoms with Gasteiger partial charge in [0.1, 0.15) is 12.4 Å². The van der Waals surface area contributed by atoms with E-state index in [0.717, 1.165) is 24.3 Å². The van der Waals surface area contributed by atoms with Crippen molar-refractivity contribution in [2.24, 2.45) is 0 Å². The molecular formula is C17H16ClFN2O6S. The predicted molar refractivity (Wildman–Crippen MR) is 100 cm³/mol. The lowest BCUT2D eigenvalue weighted by Crippen LogP contribution is -2.37. The lowest BCUT2D eigenvalue weighted by atomic mass is 10.2. The molecule has 0 saturated heterocycles. The van der Waals surface area contributed by atoms with Crippen LogP contribution in [-0.2, 0) is 19.6 Å². The third-order valence-electron chi connectivity index (χ3n) is 3.72. The van der Waals surface area contributed by atoms with E-state index < -0.39 is 39.0 Å². The summed E-state index contributed by atoms with van der Waals surface area (Å²) in [6, 6.07) is 6.47. The van der Waals surface area contributed by atoms with Crippen molar-refractivity contribution in [2.75, 3.05) is 17.5 Å². The molecule has 0 atom stereocenters. The molecule has 0 radical (unpaired) electrons. The fraction of sp³-hybridized carbons (Fsp3) is 0.235. The van der Waals surface area contributed by atoms with Crippen molar-refractivity contribution in [3.63, 3.8) is 0 Å². The first kappa shape index (κ1) is 21.6. The van der Waals surface area contributed by atoms with E-state index in [1.807, 2.05) is 0 Å². The molecule has 28 heavy (non-hydrogen) atoms. The Kier molecular flexibility index (Phi) is 6.57. The highest BCUT2D eigenvalue weighted by Gasteiger charge is 2.31. The number of nitrogens with zero attached hydrogens (tertiary/aromatic N) is 2. The van der Waals surface area contributed by atoms with E-state index in [-0.39, 0.29) is 27.8 Å². The normalized spacial score (nSPS) is 11.1. The van der Waals surface area contributed by atoms with Crippen LogP contribution in [0.4, 0.5) is 15.8 Å². The molecule has 2 rings (SSSR count). The molecule has 0 saturated carbocycles. The first-order valence-corrected chi connectivity index (χ1v) is 9.78. The maximum atomic E-state index is 13.5. The number of non-ortho nitro benzene ring substituents is 1. The zero-order valence-corrected chi connectivity index (χ0v) is 16.5. The number of nitro benzene ring substituents is 1. The van der Waals surface area contributed by atoms with E-state index in [1.165, 1.54) is 19.1 Å². The fourth-order valence-corrected chi connectivity index (χ4v) is 4.20. The van der Waals surface area contributed by atoms with Gasteiger partial charge in [-0.1, -0.05) is 17.7 Å². The summed E-state index contributed by atoms with van der Waals surface area (Å²) in [5, 5.41) is 10.7. The number of anilines is 1. The summed E-state index contributed by atoms with van der Waals surface area (Å²) in [4.78, 5) is 21.9. The fourth-order valence-electron chi connectivity index (χ4n) is 2.38. The molecule has 0 aromatic heterocycles. The first-order chi connectivity index (χ1) is 13.1. The van der Waals surface area contributed by atoms with Gasteiger partial charge < -0.3 is 4.74 Å². The van der Waals surface area contributed by atoms with Gasteiger partial charge in [-0.05, 0) is 37.6 Å². The highest BCUT2D eigenvalue weighted by atomic mass is 35.5. The Bertz CT molecular complexity index is 1030. The summed E-state index contributed by atoms with van der Waals surface area (Å²) in [6.45, 7) is 2.31. The second-order valence-electron chi connectivity index (χ2n) is 5.62. The molecule has 0 unspecified atom stereocenters. The van der Waals surface area contributed by atoms with Crippen LogP contribution in [0, 0.1) is 22.9 Å². The van der Waals surface area contributed by atoms with Crippen LogP contribution in [0.1, 0.15) is 12.5 Å². The van der Waals surface area contributed by atoms with Crippen LogP contribution in [0.15, 0.2) is 41.3 Å². The third-order valence-corrected chi connectivity index (χ3v) is 5.93. The van der Waals surface area contributed by atoms with Crippen LogP contribution in [0.2, 0.25) is 5.02 Å². The van der Waals surface area contributed by atoms with Gasteiger partial charge in [-0.2, -0.15) is 0 Å². The Morgan fingerprint density at radius 3 is 2.54 bits per heavy atom. The number of benzene rings is 2. The van der Waals surface area contributed by atoms with Crippen LogP contribution in [0.25, 0.3) is 0 Å². The van der Waals surface area contributed by atoms with Crippen molar-refractivity contribution in [3.8, 4) is 0 Å². The van der Waals surface area contributed by atoms with Gasteiger partial charge in [0, 0.05) is 12.1 Å². The van der Waals surface area contributed by atoms with Crippen molar-refractivity contribution in [1.82, 2.24) is 0 Å². The molecule has 0 aliphatic carbocycles. The van der Waals surface area contributed by atoms with Gasteiger partial charge in [-0.3, -0.25) is 19.2 Å². The number of hydrogen-bond acceptors (Lipinski definition) is 6. The molecule has 2 aromatic rings. The zero-order chi connectivity index (χ0) is 21.1. The van der Waals surface area contributed by atoms with Crippen molar-refractivity contribution in [3.05, 3.63) is 62.9 Å². The molecular weight excluding hydrogens is 415 g/mol. The first-order valence-electron chi connectivity index (χ1n) is 7.96. The minimum Gasteiger partial charge on any atom is -0.465 e. The number of nitro groups is 1. The zero-order valence-electron chi connectivity index (χ0n) is 14.9. The topological polar surface area (TPSA) is 107 Å². The van der Waals surface area contributed by atoms with E-state index in [0.29, 0.717) is 4.31 Å². The highest BCUT2D eigenvalue weighted by molar-refractivity contribution is 7.93. The van der Waals surface area contributed by atoms with E-state index in [4.69, 9.17) is 16.3 Å². The number of esters is 1. The predicted octanol–water partition coefficient (Wildman–Crippen LogP) is 3.45. The quantitative estimate of drug-likeness (QED) is 0.378. The van der Waals surface area contributed by atoms with Crippen LogP contribution in [-0.4, -0.2) is 32.5 Å². The Morgan fingerprint density at radius 2 is 1.96 bits per heavy atom. The number of carbonyl (C=O) groups is 1. The molecule has 0 N–H and O–H groups in total. The molecule has 8 nitrogen and oxygen atoms in total. The molecule has 0 spiro atoms. The lowest BCUT2D eigenvalue weighted by molar-refractivity contribution is -0.385. The molecule has 0 heterocycles. The molecule has 0 aliphatic heterocycles. The summed E-state index contributed by atoms with van der Waals surface area (Å²) in [5.74, 6) is -1.62. The van der Waals surface area contributed by atoms with Crippen LogP contribution < -0.4 is 4.31 Å². The van der Waals surface area contributed by atoms with Crippen LogP contribution in [0.3, 0.4) is 0 Å². The highest BCUT2D eigenvalue weighted by Crippen LogP contribution is 2.30. The van der Waals surface area contributed by atoms with Gasteiger partial charge in [0.15, 0.2) is 0 Å². The van der Waals surface area contributed by atoms with Crippen LogP contribution in [0.5, 0.6) is 0 Å². The summed E-state index contributed by atoms with van der Waals surface area (Å²) in [6.07, 6.45) is 0. The van der Waals surface area contributed by atoms with Crippen molar-refractivity contribution >= 4 is 39.0 Å². The van der Waals surface area contributed by atoms with Gasteiger partial charge in [0.25, 0.3) is 15.7 Å². The summed E-state index contributed by atoms with van der Waals surface area (Å²) >= 11 is 5.75. The van der Waals surface area contributed by atoms with E-state index >= 15 is 0 Å². The van der Waals surface area contributed by atoms with Crippen LogP contribution >= 0.6 is 11.6 Å². The van der Waals surface area contributed by atoms with Crippen molar-refractivity contribution in [2.45, 2.75) is 18.7 Å². The minimum atomic E-state index is -4.44. The molecule has 0 fully saturated rings. The van der Waals surface area contributed by atoms with E-state index in [2.05, 4.69) is 0 Å². The number of carbonyl (C=O) groups excluding carboxylic acids is 1. The number of sulfonamides is 1. The molecule has 11 heteroatoms. The number of aryl methyl sites for hydroxylation is 1. The Labute approximate surface area is 165 Å². The maximum absolute atomic E-state index is 13.5. The van der Waals surface area contributed by atoms with E-state index in [1.54, 1.807) is 6.92 Å². The summed E-state index contributed by atoms with van der Waals surface area (Å²) in [7, 11) is -4.44. The third kappa shape index (κ3) is 4.57. The second-order valence-corrected chi connectivity index (χ2v) is 7.86. The molecule has 0 bridgehead atoms. The average molecular weight is 431 g/mol. The number of rotatable bonds is 7. The average Bonchev–Trinajstić information content (AvgIpc) is 2.62. The maximum Gasteiger partial charge on any atom is 0.326 e. The number of hydrogen-bond donors (Lipinski definition) is 0.